The number of aliphatic carboxylic acids is 1. The summed E-state index contributed by atoms with van der Waals surface area (Å²) in [5, 5.41) is 19.4. The van der Waals surface area contributed by atoms with Crippen molar-refractivity contribution in [1.82, 2.24) is 0 Å². The number of fused-ring (bicyclic) bond motifs is 1. The molecule has 2 rings (SSSR count). The van der Waals surface area contributed by atoms with Crippen molar-refractivity contribution in [3.63, 3.8) is 0 Å². The smallest absolute Gasteiger partial charge is 0.306 e. The van der Waals surface area contributed by atoms with Crippen LogP contribution in [-0.2, 0) is 10.4 Å². The van der Waals surface area contributed by atoms with Crippen LogP contribution in [0, 0.1) is 5.82 Å². The van der Waals surface area contributed by atoms with Crippen LogP contribution in [0.2, 0.25) is 0 Å². The minimum Gasteiger partial charge on any atom is -0.490 e. The topological polar surface area (TPSA) is 66.8 Å². The molecule has 0 amide bonds. The lowest BCUT2D eigenvalue weighted by molar-refractivity contribution is -0.145. The molecule has 1 aliphatic rings. The van der Waals surface area contributed by atoms with Gasteiger partial charge in [0.1, 0.15) is 17.2 Å². The number of aliphatic hydroxyl groups is 1. The normalized spacial score (nSPS) is 26.3. The molecule has 98 valence electrons. The number of hydrogen-bond donors (Lipinski definition) is 2. The van der Waals surface area contributed by atoms with E-state index in [0.717, 1.165) is 0 Å². The number of carboxylic acids is 1. The van der Waals surface area contributed by atoms with Gasteiger partial charge in [0.15, 0.2) is 0 Å². The monoisotopic (exact) mass is 318 g/mol. The highest BCUT2D eigenvalue weighted by Crippen LogP contribution is 2.46. The SMILES string of the molecule is C[C@@H]1C[C@@](O)(CC(=O)O)c2c(ccc(F)c2Br)O1. The Labute approximate surface area is 112 Å². The van der Waals surface area contributed by atoms with E-state index in [0.29, 0.717) is 5.75 Å². The molecule has 4 nitrogen and oxygen atoms in total. The number of benzene rings is 1. The van der Waals surface area contributed by atoms with Gasteiger partial charge in [-0.1, -0.05) is 0 Å². The Morgan fingerprint density at radius 2 is 2.33 bits per heavy atom. The molecule has 0 fully saturated rings. The van der Waals surface area contributed by atoms with Gasteiger partial charge < -0.3 is 14.9 Å². The maximum absolute atomic E-state index is 13.5. The first-order chi connectivity index (χ1) is 8.33. The summed E-state index contributed by atoms with van der Waals surface area (Å²) in [5.74, 6) is -1.39. The summed E-state index contributed by atoms with van der Waals surface area (Å²) in [4.78, 5) is 10.9. The zero-order chi connectivity index (χ0) is 13.5. The Balaban J connectivity index is 2.59. The number of hydrogen-bond acceptors (Lipinski definition) is 3. The second kappa shape index (κ2) is 4.51. The summed E-state index contributed by atoms with van der Waals surface area (Å²) in [6.07, 6.45) is -0.719. The number of ether oxygens (including phenoxy) is 1. The number of halogens is 2. The molecular weight excluding hydrogens is 307 g/mol. The van der Waals surface area contributed by atoms with Crippen LogP contribution >= 0.6 is 15.9 Å². The van der Waals surface area contributed by atoms with E-state index in [-0.39, 0.29) is 22.6 Å². The van der Waals surface area contributed by atoms with Crippen LogP contribution in [0.4, 0.5) is 4.39 Å². The van der Waals surface area contributed by atoms with Crippen LogP contribution < -0.4 is 4.74 Å². The Hall–Kier alpha value is -1.14. The van der Waals surface area contributed by atoms with Gasteiger partial charge in [-0.05, 0) is 35.0 Å². The molecule has 0 unspecified atom stereocenters. The molecule has 1 heterocycles. The van der Waals surface area contributed by atoms with E-state index >= 15 is 0 Å². The molecular formula is C12H12BrFO4. The van der Waals surface area contributed by atoms with E-state index in [1.54, 1.807) is 6.92 Å². The molecule has 1 aromatic carbocycles. The number of rotatable bonds is 2. The molecule has 1 aromatic rings. The van der Waals surface area contributed by atoms with Gasteiger partial charge in [0.05, 0.1) is 17.0 Å². The average molecular weight is 319 g/mol. The maximum Gasteiger partial charge on any atom is 0.306 e. The van der Waals surface area contributed by atoms with E-state index in [4.69, 9.17) is 9.84 Å². The quantitative estimate of drug-likeness (QED) is 0.878. The Morgan fingerprint density at radius 3 is 2.94 bits per heavy atom. The van der Waals surface area contributed by atoms with Crippen LogP contribution in [-0.4, -0.2) is 22.3 Å². The van der Waals surface area contributed by atoms with Gasteiger partial charge >= 0.3 is 5.97 Å². The van der Waals surface area contributed by atoms with Gasteiger partial charge in [-0.15, -0.1) is 0 Å². The third-order valence-corrected chi connectivity index (χ3v) is 3.69. The van der Waals surface area contributed by atoms with Gasteiger partial charge in [0.2, 0.25) is 0 Å². The van der Waals surface area contributed by atoms with Crippen molar-refractivity contribution >= 4 is 21.9 Å². The lowest BCUT2D eigenvalue weighted by atomic mass is 9.83. The summed E-state index contributed by atoms with van der Waals surface area (Å²) in [7, 11) is 0. The van der Waals surface area contributed by atoms with Crippen molar-refractivity contribution in [2.45, 2.75) is 31.5 Å². The van der Waals surface area contributed by atoms with Crippen LogP contribution in [0.5, 0.6) is 5.75 Å². The Kier molecular flexibility index (Phi) is 3.33. The molecule has 6 heteroatoms. The number of carbonyl (C=O) groups is 1. The van der Waals surface area contributed by atoms with Gasteiger partial charge in [-0.3, -0.25) is 4.79 Å². The van der Waals surface area contributed by atoms with E-state index in [1.807, 2.05) is 0 Å². The lowest BCUT2D eigenvalue weighted by Crippen LogP contribution is -2.39. The molecule has 0 aromatic heterocycles. The summed E-state index contributed by atoms with van der Waals surface area (Å²) in [6.45, 7) is 1.73. The molecule has 1 aliphatic heterocycles. The number of carboxylic acid groups (broad SMARTS) is 1. The van der Waals surface area contributed by atoms with Crippen molar-refractivity contribution in [2.24, 2.45) is 0 Å². The standard InChI is InChI=1S/C12H12BrFO4/c1-6-4-12(17,5-9(15)16)10-8(18-6)3-2-7(14)11(10)13/h2-3,6,17H,4-5H2,1H3,(H,15,16)/t6-,12-/m1/s1. The average Bonchev–Trinajstić information content (AvgIpc) is 2.20. The highest BCUT2D eigenvalue weighted by Gasteiger charge is 2.42. The first-order valence-corrected chi connectivity index (χ1v) is 6.22. The maximum atomic E-state index is 13.5. The minimum absolute atomic E-state index is 0.0515. The first kappa shape index (κ1) is 13.3. The van der Waals surface area contributed by atoms with E-state index < -0.39 is 23.8 Å². The zero-order valence-electron chi connectivity index (χ0n) is 9.61. The van der Waals surface area contributed by atoms with E-state index in [2.05, 4.69) is 15.9 Å². The van der Waals surface area contributed by atoms with Crippen LogP contribution in [0.1, 0.15) is 25.3 Å². The molecule has 0 saturated heterocycles. The zero-order valence-corrected chi connectivity index (χ0v) is 11.2. The second-order valence-corrected chi connectivity index (χ2v) is 5.26. The molecule has 0 aliphatic carbocycles. The van der Waals surface area contributed by atoms with Crippen LogP contribution in [0.3, 0.4) is 0 Å². The van der Waals surface area contributed by atoms with Gasteiger partial charge in [-0.25, -0.2) is 4.39 Å². The molecule has 0 radical (unpaired) electrons. The summed E-state index contributed by atoms with van der Waals surface area (Å²) >= 11 is 3.04. The lowest BCUT2D eigenvalue weighted by Gasteiger charge is -2.37. The van der Waals surface area contributed by atoms with Gasteiger partial charge in [0.25, 0.3) is 0 Å². The minimum atomic E-state index is -1.63. The van der Waals surface area contributed by atoms with Crippen LogP contribution in [0.15, 0.2) is 16.6 Å². The molecule has 0 spiro atoms. The highest BCUT2D eigenvalue weighted by atomic mass is 79.9. The van der Waals surface area contributed by atoms with Crippen LogP contribution in [0.25, 0.3) is 0 Å². The molecule has 0 bridgehead atoms. The molecule has 0 saturated carbocycles. The summed E-state index contributed by atoms with van der Waals surface area (Å²) < 4.78 is 19.1. The van der Waals surface area contributed by atoms with Crippen molar-refractivity contribution < 1.29 is 24.1 Å². The van der Waals surface area contributed by atoms with Gasteiger partial charge in [-0.2, -0.15) is 0 Å². The van der Waals surface area contributed by atoms with Gasteiger partial charge in [0, 0.05) is 12.0 Å². The van der Waals surface area contributed by atoms with Crippen molar-refractivity contribution in [2.75, 3.05) is 0 Å². The van der Waals surface area contributed by atoms with E-state index in [9.17, 15) is 14.3 Å². The van der Waals surface area contributed by atoms with Crippen molar-refractivity contribution in [3.05, 3.63) is 28.0 Å². The molecule has 18 heavy (non-hydrogen) atoms. The molecule has 2 atom stereocenters. The predicted molar refractivity (Wildman–Crippen MR) is 65.0 cm³/mol. The second-order valence-electron chi connectivity index (χ2n) is 4.47. The van der Waals surface area contributed by atoms with E-state index in [1.165, 1.54) is 12.1 Å². The fourth-order valence-electron chi connectivity index (χ4n) is 2.31. The fraction of sp³-hybridized carbons (Fsp3) is 0.417. The van der Waals surface area contributed by atoms with Crippen molar-refractivity contribution in [3.8, 4) is 5.75 Å². The highest BCUT2D eigenvalue weighted by molar-refractivity contribution is 9.10. The Morgan fingerprint density at radius 1 is 1.67 bits per heavy atom. The Bertz CT molecular complexity index is 505. The predicted octanol–water partition coefficient (Wildman–Crippen LogP) is 2.42. The third kappa shape index (κ3) is 2.22. The summed E-state index contributed by atoms with van der Waals surface area (Å²) in [5.41, 5.74) is -1.46. The fourth-order valence-corrected chi connectivity index (χ4v) is 3.01. The largest absolute Gasteiger partial charge is 0.490 e. The molecule has 2 N–H and O–H groups in total. The van der Waals surface area contributed by atoms with Crippen molar-refractivity contribution in [1.29, 1.82) is 0 Å². The third-order valence-electron chi connectivity index (χ3n) is 2.92. The first-order valence-electron chi connectivity index (χ1n) is 5.43. The summed E-state index contributed by atoms with van der Waals surface area (Å²) in [6, 6.07) is 2.61.